The first-order valence-corrected chi connectivity index (χ1v) is 11.2. The van der Waals surface area contributed by atoms with Crippen molar-refractivity contribution >= 4 is 5.91 Å². The van der Waals surface area contributed by atoms with Crippen LogP contribution in [-0.2, 0) is 12.7 Å². The molecule has 36 heavy (non-hydrogen) atoms. The second kappa shape index (κ2) is 9.86. The van der Waals surface area contributed by atoms with Crippen molar-refractivity contribution < 1.29 is 22.5 Å². The molecule has 2 aromatic heterocycles. The minimum atomic E-state index is -4.45. The first-order chi connectivity index (χ1) is 17.4. The molecule has 11 heteroatoms. The van der Waals surface area contributed by atoms with Gasteiger partial charge in [-0.05, 0) is 23.8 Å². The Morgan fingerprint density at radius 1 is 0.972 bits per heavy atom. The smallest absolute Gasteiger partial charge is 0.335 e. The van der Waals surface area contributed by atoms with Crippen molar-refractivity contribution in [2.24, 2.45) is 0 Å². The fourth-order valence-corrected chi connectivity index (χ4v) is 3.98. The van der Waals surface area contributed by atoms with Gasteiger partial charge in [0, 0.05) is 56.2 Å². The fourth-order valence-electron chi connectivity index (χ4n) is 3.98. The summed E-state index contributed by atoms with van der Waals surface area (Å²) in [6, 6.07) is 12.4. The number of amides is 1. The van der Waals surface area contributed by atoms with E-state index in [4.69, 9.17) is 4.52 Å². The average molecular weight is 494 g/mol. The van der Waals surface area contributed by atoms with Crippen LogP contribution >= 0.6 is 0 Å². The third-order valence-corrected chi connectivity index (χ3v) is 5.92. The number of halogens is 3. The summed E-state index contributed by atoms with van der Waals surface area (Å²) in [5.74, 6) is 0.205. The van der Waals surface area contributed by atoms with E-state index in [-0.39, 0.29) is 17.4 Å². The maximum Gasteiger partial charge on any atom is 0.416 e. The van der Waals surface area contributed by atoms with Gasteiger partial charge in [0.1, 0.15) is 5.69 Å². The number of hydrogen-bond donors (Lipinski definition) is 0. The normalized spacial score (nSPS) is 14.7. The molecule has 2 aromatic carbocycles. The van der Waals surface area contributed by atoms with Crippen LogP contribution in [-0.4, -0.2) is 62.0 Å². The van der Waals surface area contributed by atoms with Gasteiger partial charge in [0.15, 0.2) is 0 Å². The lowest BCUT2D eigenvalue weighted by Crippen LogP contribution is -2.48. The molecule has 1 fully saturated rings. The minimum absolute atomic E-state index is 0.0223. The van der Waals surface area contributed by atoms with E-state index < -0.39 is 11.7 Å². The molecule has 0 atom stereocenters. The largest absolute Gasteiger partial charge is 0.416 e. The third kappa shape index (κ3) is 5.25. The van der Waals surface area contributed by atoms with Crippen molar-refractivity contribution in [3.63, 3.8) is 0 Å². The molecule has 3 heterocycles. The summed E-state index contributed by atoms with van der Waals surface area (Å²) in [7, 11) is 0. The van der Waals surface area contributed by atoms with Gasteiger partial charge in [0.2, 0.25) is 5.82 Å². The SMILES string of the molecule is O=C(c1cnccn1)N1CCN(Cc2ccc(-c3noc(-c4cccc(C(F)(F)F)c4)n3)cc2)CC1. The molecule has 0 N–H and O–H groups in total. The topological polar surface area (TPSA) is 88.3 Å². The molecule has 0 radical (unpaired) electrons. The molecule has 5 rings (SSSR count). The first-order valence-electron chi connectivity index (χ1n) is 11.2. The quantitative estimate of drug-likeness (QED) is 0.412. The van der Waals surface area contributed by atoms with Crippen LogP contribution in [0.4, 0.5) is 13.2 Å². The van der Waals surface area contributed by atoms with Crippen molar-refractivity contribution in [2.45, 2.75) is 12.7 Å². The van der Waals surface area contributed by atoms with E-state index >= 15 is 0 Å². The maximum atomic E-state index is 13.0. The highest BCUT2D eigenvalue weighted by Gasteiger charge is 2.31. The Morgan fingerprint density at radius 3 is 2.44 bits per heavy atom. The number of carbonyl (C=O) groups excluding carboxylic acids is 1. The van der Waals surface area contributed by atoms with Gasteiger partial charge >= 0.3 is 6.18 Å². The maximum absolute atomic E-state index is 13.0. The highest BCUT2D eigenvalue weighted by molar-refractivity contribution is 5.92. The molecule has 0 unspecified atom stereocenters. The van der Waals surface area contributed by atoms with Crippen LogP contribution in [0, 0.1) is 0 Å². The molecule has 8 nitrogen and oxygen atoms in total. The number of piperazine rings is 1. The van der Waals surface area contributed by atoms with Crippen LogP contribution in [0.3, 0.4) is 0 Å². The molecule has 4 aromatic rings. The number of nitrogens with zero attached hydrogens (tertiary/aromatic N) is 6. The predicted octanol–water partition coefficient (Wildman–Crippen LogP) is 4.17. The Labute approximate surface area is 204 Å². The number of alkyl halides is 3. The summed E-state index contributed by atoms with van der Waals surface area (Å²) in [6.45, 7) is 3.40. The first kappa shape index (κ1) is 23.6. The van der Waals surface area contributed by atoms with E-state index in [1.54, 1.807) is 4.90 Å². The van der Waals surface area contributed by atoms with E-state index in [2.05, 4.69) is 25.0 Å². The van der Waals surface area contributed by atoms with Crippen LogP contribution in [0.25, 0.3) is 22.8 Å². The molecule has 0 bridgehead atoms. The Balaban J connectivity index is 1.19. The summed E-state index contributed by atoms with van der Waals surface area (Å²) < 4.78 is 44.2. The molecule has 1 saturated heterocycles. The summed E-state index contributed by atoms with van der Waals surface area (Å²) in [4.78, 5) is 28.9. The van der Waals surface area contributed by atoms with E-state index in [1.807, 2.05) is 24.3 Å². The van der Waals surface area contributed by atoms with Crippen LogP contribution < -0.4 is 0 Å². The standard InChI is InChI=1S/C25H21F3N6O2/c26-25(27,28)20-3-1-2-19(14-20)23-31-22(32-36-23)18-6-4-17(5-7-18)16-33-10-12-34(13-11-33)24(35)21-15-29-8-9-30-21/h1-9,14-15H,10-13,16H2. The number of rotatable bonds is 5. The van der Waals surface area contributed by atoms with E-state index in [0.29, 0.717) is 30.2 Å². The number of carbonyl (C=O) groups is 1. The zero-order chi connectivity index (χ0) is 25.1. The Bertz CT molecular complexity index is 1330. The summed E-state index contributed by atoms with van der Waals surface area (Å²) >= 11 is 0. The van der Waals surface area contributed by atoms with Crippen molar-refractivity contribution in [1.82, 2.24) is 29.9 Å². The zero-order valence-corrected chi connectivity index (χ0v) is 19.0. The second-order valence-corrected chi connectivity index (χ2v) is 8.36. The lowest BCUT2D eigenvalue weighted by molar-refractivity contribution is -0.137. The summed E-state index contributed by atoms with van der Waals surface area (Å²) in [5, 5.41) is 3.93. The summed E-state index contributed by atoms with van der Waals surface area (Å²) in [6.07, 6.45) is 0.0673. The van der Waals surface area contributed by atoms with E-state index in [1.165, 1.54) is 30.7 Å². The number of hydrogen-bond acceptors (Lipinski definition) is 7. The van der Waals surface area contributed by atoms with Gasteiger partial charge in [-0.2, -0.15) is 18.2 Å². The van der Waals surface area contributed by atoms with Crippen LogP contribution in [0.1, 0.15) is 21.6 Å². The van der Waals surface area contributed by atoms with Gasteiger partial charge in [-0.15, -0.1) is 0 Å². The highest BCUT2D eigenvalue weighted by atomic mass is 19.4. The molecule has 1 amide bonds. The number of benzene rings is 2. The molecular weight excluding hydrogens is 473 g/mol. The van der Waals surface area contributed by atoms with Crippen molar-refractivity contribution in [3.8, 4) is 22.8 Å². The average Bonchev–Trinajstić information content (AvgIpc) is 3.40. The molecule has 1 aliphatic rings. The molecule has 0 aliphatic carbocycles. The monoisotopic (exact) mass is 494 g/mol. The Kier molecular flexibility index (Phi) is 6.47. The Hall–Kier alpha value is -4.12. The van der Waals surface area contributed by atoms with Crippen molar-refractivity contribution in [1.29, 1.82) is 0 Å². The van der Waals surface area contributed by atoms with Crippen molar-refractivity contribution in [2.75, 3.05) is 26.2 Å². The van der Waals surface area contributed by atoms with E-state index in [9.17, 15) is 18.0 Å². The van der Waals surface area contributed by atoms with Gasteiger partial charge in [-0.1, -0.05) is 35.5 Å². The van der Waals surface area contributed by atoms with Gasteiger partial charge in [0.05, 0.1) is 11.8 Å². The molecule has 184 valence electrons. The summed E-state index contributed by atoms with van der Waals surface area (Å²) in [5.41, 5.74) is 1.55. The predicted molar refractivity (Wildman–Crippen MR) is 123 cm³/mol. The van der Waals surface area contributed by atoms with Crippen LogP contribution in [0.5, 0.6) is 0 Å². The third-order valence-electron chi connectivity index (χ3n) is 5.92. The molecular formula is C25H21F3N6O2. The molecule has 1 aliphatic heterocycles. The second-order valence-electron chi connectivity index (χ2n) is 8.36. The lowest BCUT2D eigenvalue weighted by atomic mass is 10.1. The Morgan fingerprint density at radius 2 is 1.75 bits per heavy atom. The van der Waals surface area contributed by atoms with Crippen LogP contribution in [0.2, 0.25) is 0 Å². The van der Waals surface area contributed by atoms with Crippen LogP contribution in [0.15, 0.2) is 71.6 Å². The van der Waals surface area contributed by atoms with Gasteiger partial charge < -0.3 is 9.42 Å². The lowest BCUT2D eigenvalue weighted by Gasteiger charge is -2.34. The fraction of sp³-hybridized carbons (Fsp3) is 0.240. The van der Waals surface area contributed by atoms with Gasteiger partial charge in [-0.3, -0.25) is 14.7 Å². The zero-order valence-electron chi connectivity index (χ0n) is 19.0. The minimum Gasteiger partial charge on any atom is -0.335 e. The van der Waals surface area contributed by atoms with E-state index in [0.717, 1.165) is 37.3 Å². The number of aromatic nitrogens is 4. The molecule has 0 saturated carbocycles. The van der Waals surface area contributed by atoms with Gasteiger partial charge in [0.25, 0.3) is 11.8 Å². The highest BCUT2D eigenvalue weighted by Crippen LogP contribution is 2.32. The van der Waals surface area contributed by atoms with Gasteiger partial charge in [-0.25, -0.2) is 4.98 Å². The molecule has 0 spiro atoms. The van der Waals surface area contributed by atoms with Crippen molar-refractivity contribution in [3.05, 3.63) is 83.9 Å².